The van der Waals surface area contributed by atoms with Gasteiger partial charge in [0.2, 0.25) is 11.7 Å². The number of alkyl halides is 3. The first-order valence-corrected chi connectivity index (χ1v) is 10.5. The largest absolute Gasteiger partial charge is 0.416 e. The molecule has 0 bridgehead atoms. The standard InChI is InChI=1S/C21H24F3N7O/c1-12-2-3-15(21(22,23)24)14(6-12)11-31-5-4-26-20-17(31)8-16(28-29-20)19-27-18(32-30-19)7-13-9-25-10-13/h2-3,6,8,13,25-26,28-29H,4-5,7,9-11H2,1H3. The zero-order valence-electron chi connectivity index (χ0n) is 17.5. The molecule has 5 rings (SSSR count). The molecule has 4 N–H and O–H groups in total. The molecule has 0 saturated carbocycles. The van der Waals surface area contributed by atoms with Crippen LogP contribution in [0, 0.1) is 12.8 Å². The summed E-state index contributed by atoms with van der Waals surface area (Å²) in [4.78, 5) is 6.40. The van der Waals surface area contributed by atoms with Gasteiger partial charge in [0.25, 0.3) is 0 Å². The summed E-state index contributed by atoms with van der Waals surface area (Å²) in [5.74, 6) is 2.18. The maximum absolute atomic E-state index is 13.6. The van der Waals surface area contributed by atoms with Crippen molar-refractivity contribution >= 4 is 5.70 Å². The molecule has 4 heterocycles. The van der Waals surface area contributed by atoms with E-state index >= 15 is 0 Å². The van der Waals surface area contributed by atoms with Gasteiger partial charge in [-0.2, -0.15) is 18.2 Å². The number of hydrogen-bond donors (Lipinski definition) is 4. The number of halogens is 3. The van der Waals surface area contributed by atoms with Crippen molar-refractivity contribution in [2.75, 3.05) is 26.2 Å². The first kappa shape index (κ1) is 20.7. The fraction of sp³-hybridized carbons (Fsp3) is 0.429. The van der Waals surface area contributed by atoms with Crippen molar-refractivity contribution in [3.8, 4) is 0 Å². The minimum absolute atomic E-state index is 0.134. The number of nitrogens with one attached hydrogen (secondary N) is 4. The van der Waals surface area contributed by atoms with Crippen LogP contribution in [-0.4, -0.2) is 41.2 Å². The van der Waals surface area contributed by atoms with Crippen molar-refractivity contribution in [3.05, 3.63) is 64.2 Å². The third-order valence-corrected chi connectivity index (χ3v) is 5.85. The summed E-state index contributed by atoms with van der Waals surface area (Å²) in [5, 5.41) is 10.5. The first-order valence-electron chi connectivity index (χ1n) is 10.5. The molecule has 0 radical (unpaired) electrons. The second kappa shape index (κ2) is 8.05. The number of aryl methyl sites for hydroxylation is 1. The van der Waals surface area contributed by atoms with Gasteiger partial charge in [-0.25, -0.2) is 0 Å². The van der Waals surface area contributed by atoms with Crippen molar-refractivity contribution in [1.82, 2.24) is 36.5 Å². The molecular weight excluding hydrogens is 423 g/mol. The fourth-order valence-electron chi connectivity index (χ4n) is 4.07. The molecule has 11 heteroatoms. The summed E-state index contributed by atoms with van der Waals surface area (Å²) in [5.41, 5.74) is 7.88. The summed E-state index contributed by atoms with van der Waals surface area (Å²) < 4.78 is 46.1. The van der Waals surface area contributed by atoms with Crippen LogP contribution in [-0.2, 0) is 19.1 Å². The summed E-state index contributed by atoms with van der Waals surface area (Å²) >= 11 is 0. The van der Waals surface area contributed by atoms with Crippen molar-refractivity contribution in [1.29, 1.82) is 0 Å². The molecule has 1 fully saturated rings. The van der Waals surface area contributed by atoms with E-state index in [1.165, 1.54) is 6.07 Å². The molecule has 1 saturated heterocycles. The van der Waals surface area contributed by atoms with Crippen LogP contribution < -0.4 is 21.5 Å². The molecule has 3 aliphatic rings. The van der Waals surface area contributed by atoms with Crippen molar-refractivity contribution in [2.24, 2.45) is 5.92 Å². The zero-order chi connectivity index (χ0) is 22.3. The summed E-state index contributed by atoms with van der Waals surface area (Å²) in [6, 6.07) is 4.25. The Morgan fingerprint density at radius 1 is 1.22 bits per heavy atom. The molecule has 0 amide bonds. The molecule has 3 aliphatic heterocycles. The highest BCUT2D eigenvalue weighted by molar-refractivity contribution is 5.63. The van der Waals surface area contributed by atoms with E-state index in [4.69, 9.17) is 4.52 Å². The van der Waals surface area contributed by atoms with Crippen LogP contribution in [0.2, 0.25) is 0 Å². The number of hydrazine groups is 1. The third-order valence-electron chi connectivity index (χ3n) is 5.85. The Hall–Kier alpha value is -3.21. The van der Waals surface area contributed by atoms with Crippen LogP contribution in [0.1, 0.15) is 28.4 Å². The second-order valence-corrected chi connectivity index (χ2v) is 8.32. The molecule has 0 aliphatic carbocycles. The molecular formula is C21H24F3N7O. The molecule has 8 nitrogen and oxygen atoms in total. The predicted octanol–water partition coefficient (Wildman–Crippen LogP) is 1.88. The maximum Gasteiger partial charge on any atom is 0.416 e. The lowest BCUT2D eigenvalue weighted by Crippen LogP contribution is -2.48. The average molecular weight is 447 g/mol. The average Bonchev–Trinajstić information content (AvgIpc) is 3.19. The van der Waals surface area contributed by atoms with E-state index in [0.717, 1.165) is 36.8 Å². The monoisotopic (exact) mass is 447 g/mol. The molecule has 0 atom stereocenters. The summed E-state index contributed by atoms with van der Waals surface area (Å²) in [6.45, 7) is 4.97. The highest BCUT2D eigenvalue weighted by atomic mass is 19.4. The van der Waals surface area contributed by atoms with Crippen LogP contribution in [0.5, 0.6) is 0 Å². The minimum atomic E-state index is -4.40. The van der Waals surface area contributed by atoms with Gasteiger partial charge in [0.1, 0.15) is 11.5 Å². The number of nitrogens with zero attached hydrogens (tertiary/aromatic N) is 3. The number of rotatable bonds is 5. The van der Waals surface area contributed by atoms with Gasteiger partial charge in [0.15, 0.2) is 0 Å². The van der Waals surface area contributed by atoms with Gasteiger partial charge in [-0.15, -0.1) is 0 Å². The number of benzene rings is 1. The Kier molecular flexibility index (Phi) is 5.20. The van der Waals surface area contributed by atoms with Crippen molar-refractivity contribution in [2.45, 2.75) is 26.1 Å². The van der Waals surface area contributed by atoms with Crippen LogP contribution in [0.15, 0.2) is 40.3 Å². The van der Waals surface area contributed by atoms with E-state index < -0.39 is 11.7 Å². The van der Waals surface area contributed by atoms with Gasteiger partial charge in [-0.3, -0.25) is 10.9 Å². The van der Waals surface area contributed by atoms with Crippen LogP contribution in [0.25, 0.3) is 5.70 Å². The van der Waals surface area contributed by atoms with E-state index in [0.29, 0.717) is 42.2 Å². The van der Waals surface area contributed by atoms with E-state index in [-0.39, 0.29) is 12.1 Å². The SMILES string of the molecule is Cc1ccc(C(F)(F)F)c(CN2CCNC3=C2C=C(c2noc(CC4CNC4)n2)NN3)c1. The highest BCUT2D eigenvalue weighted by Gasteiger charge is 2.34. The molecule has 1 aromatic carbocycles. The normalized spacial score (nSPS) is 18.9. The van der Waals surface area contributed by atoms with E-state index in [1.54, 1.807) is 13.0 Å². The number of hydrogen-bond acceptors (Lipinski definition) is 8. The fourth-order valence-corrected chi connectivity index (χ4v) is 4.07. The quantitative estimate of drug-likeness (QED) is 0.553. The Bertz CT molecular complexity index is 1070. The van der Waals surface area contributed by atoms with E-state index in [2.05, 4.69) is 31.6 Å². The molecule has 32 heavy (non-hydrogen) atoms. The van der Waals surface area contributed by atoms with Gasteiger partial charge in [0, 0.05) is 26.1 Å². The van der Waals surface area contributed by atoms with Gasteiger partial charge in [0.05, 0.1) is 11.3 Å². The topological polar surface area (TPSA) is 90.3 Å². The van der Waals surface area contributed by atoms with Crippen molar-refractivity contribution in [3.63, 3.8) is 0 Å². The zero-order valence-corrected chi connectivity index (χ0v) is 17.5. The highest BCUT2D eigenvalue weighted by Crippen LogP contribution is 2.34. The van der Waals surface area contributed by atoms with Gasteiger partial charge < -0.3 is 20.1 Å². The summed E-state index contributed by atoms with van der Waals surface area (Å²) in [6.07, 6.45) is -1.85. The van der Waals surface area contributed by atoms with Gasteiger partial charge in [-0.05, 0) is 43.6 Å². The maximum atomic E-state index is 13.6. The Morgan fingerprint density at radius 2 is 2.06 bits per heavy atom. The first-order chi connectivity index (χ1) is 15.4. The minimum Gasteiger partial charge on any atom is -0.367 e. The lowest BCUT2D eigenvalue weighted by molar-refractivity contribution is -0.138. The van der Waals surface area contributed by atoms with Crippen LogP contribution in [0.3, 0.4) is 0 Å². The second-order valence-electron chi connectivity index (χ2n) is 8.32. The molecule has 170 valence electrons. The molecule has 2 aromatic rings. The van der Waals surface area contributed by atoms with Gasteiger partial charge in [-0.1, -0.05) is 22.9 Å². The molecule has 0 unspecified atom stereocenters. The van der Waals surface area contributed by atoms with Crippen LogP contribution >= 0.6 is 0 Å². The van der Waals surface area contributed by atoms with Gasteiger partial charge >= 0.3 is 6.18 Å². The smallest absolute Gasteiger partial charge is 0.367 e. The molecule has 0 spiro atoms. The Labute approximate surface area is 182 Å². The van der Waals surface area contributed by atoms with Crippen LogP contribution in [0.4, 0.5) is 13.2 Å². The van der Waals surface area contributed by atoms with E-state index in [1.807, 2.05) is 11.0 Å². The Balaban J connectivity index is 1.40. The van der Waals surface area contributed by atoms with E-state index in [9.17, 15) is 13.2 Å². The van der Waals surface area contributed by atoms with Crippen molar-refractivity contribution < 1.29 is 17.7 Å². The summed E-state index contributed by atoms with van der Waals surface area (Å²) in [7, 11) is 0. The molecule has 1 aromatic heterocycles. The lowest BCUT2D eigenvalue weighted by Gasteiger charge is -2.36. The Morgan fingerprint density at radius 3 is 2.81 bits per heavy atom. The lowest BCUT2D eigenvalue weighted by atomic mass is 10.00. The number of aromatic nitrogens is 2. The third kappa shape index (κ3) is 4.12. The number of allylic oxidation sites excluding steroid dienone is 1. The predicted molar refractivity (Wildman–Crippen MR) is 110 cm³/mol.